The highest BCUT2D eigenvalue weighted by Gasteiger charge is 2.18. The average Bonchev–Trinajstić information content (AvgIpc) is 2.54. The van der Waals surface area contributed by atoms with Gasteiger partial charge in [-0.15, -0.1) is 0 Å². The average molecular weight is 323 g/mol. The van der Waals surface area contributed by atoms with Crippen molar-refractivity contribution >= 4 is 17.8 Å². The van der Waals surface area contributed by atoms with Gasteiger partial charge in [-0.1, -0.05) is 0 Å². The van der Waals surface area contributed by atoms with Gasteiger partial charge >= 0.3 is 11.9 Å². The van der Waals surface area contributed by atoms with Crippen molar-refractivity contribution in [1.82, 2.24) is 5.32 Å². The molecule has 0 saturated heterocycles. The molecule has 1 aromatic rings. The first-order valence-corrected chi connectivity index (χ1v) is 7.30. The van der Waals surface area contributed by atoms with Gasteiger partial charge in [-0.05, 0) is 39.0 Å². The Hall–Kier alpha value is -2.57. The fraction of sp³-hybridized carbons (Fsp3) is 0.438. The van der Waals surface area contributed by atoms with Crippen LogP contribution >= 0.6 is 0 Å². The zero-order valence-corrected chi connectivity index (χ0v) is 13.7. The van der Waals surface area contributed by atoms with Crippen LogP contribution in [0.25, 0.3) is 0 Å². The number of hydrogen-bond acceptors (Lipinski definition) is 6. The van der Waals surface area contributed by atoms with E-state index in [0.29, 0.717) is 0 Å². The summed E-state index contributed by atoms with van der Waals surface area (Å²) in [6, 6.07) is 4.20. The number of amides is 1. The molecule has 23 heavy (non-hydrogen) atoms. The number of ether oxygens (including phenoxy) is 3. The number of hydrogen-bond donors (Lipinski definition) is 1. The van der Waals surface area contributed by atoms with Crippen molar-refractivity contribution in [3.63, 3.8) is 0 Å². The molecule has 7 nitrogen and oxygen atoms in total. The summed E-state index contributed by atoms with van der Waals surface area (Å²) >= 11 is 0. The molecule has 0 bridgehead atoms. The first-order valence-electron chi connectivity index (χ1n) is 7.30. The van der Waals surface area contributed by atoms with Gasteiger partial charge < -0.3 is 19.5 Å². The van der Waals surface area contributed by atoms with Crippen LogP contribution in [0.5, 0.6) is 5.75 Å². The lowest BCUT2D eigenvalue weighted by Crippen LogP contribution is -2.33. The Labute approximate surface area is 134 Å². The second kappa shape index (κ2) is 8.77. The van der Waals surface area contributed by atoms with Crippen LogP contribution in [0.4, 0.5) is 0 Å². The third-order valence-corrected chi connectivity index (χ3v) is 2.86. The maximum absolute atomic E-state index is 11.9. The van der Waals surface area contributed by atoms with Crippen molar-refractivity contribution in [2.24, 2.45) is 0 Å². The molecule has 1 amide bonds. The Bertz CT molecular complexity index is 548. The van der Waals surface area contributed by atoms with E-state index in [1.165, 1.54) is 25.2 Å². The molecule has 1 aromatic carbocycles. The molecule has 0 aliphatic heterocycles. The van der Waals surface area contributed by atoms with Gasteiger partial charge in [-0.25, -0.2) is 9.59 Å². The fourth-order valence-electron chi connectivity index (χ4n) is 1.79. The topological polar surface area (TPSA) is 90.9 Å². The van der Waals surface area contributed by atoms with Crippen LogP contribution in [0.15, 0.2) is 18.2 Å². The summed E-state index contributed by atoms with van der Waals surface area (Å²) in [6.07, 6.45) is -0.785. The van der Waals surface area contributed by atoms with Crippen LogP contribution in [-0.4, -0.2) is 44.2 Å². The molecule has 0 saturated carbocycles. The van der Waals surface area contributed by atoms with E-state index in [4.69, 9.17) is 14.2 Å². The van der Waals surface area contributed by atoms with Crippen LogP contribution in [-0.2, 0) is 14.3 Å². The van der Waals surface area contributed by atoms with E-state index in [1.807, 2.05) is 0 Å². The zero-order chi connectivity index (χ0) is 17.4. The minimum atomic E-state index is -0.785. The molecule has 7 heteroatoms. The lowest BCUT2D eigenvalue weighted by atomic mass is 10.1. The van der Waals surface area contributed by atoms with Gasteiger partial charge in [0.2, 0.25) is 0 Å². The van der Waals surface area contributed by atoms with E-state index in [1.54, 1.807) is 20.8 Å². The fourth-order valence-corrected chi connectivity index (χ4v) is 1.79. The monoisotopic (exact) mass is 323 g/mol. The van der Waals surface area contributed by atoms with Crippen LogP contribution in [0, 0.1) is 0 Å². The van der Waals surface area contributed by atoms with Crippen molar-refractivity contribution in [3.8, 4) is 5.75 Å². The van der Waals surface area contributed by atoms with E-state index in [9.17, 15) is 14.4 Å². The first-order chi connectivity index (χ1) is 10.9. The van der Waals surface area contributed by atoms with Gasteiger partial charge in [-0.3, -0.25) is 4.79 Å². The number of benzene rings is 1. The number of nitrogens with one attached hydrogen (secondary N) is 1. The van der Waals surface area contributed by atoms with Gasteiger partial charge in [0, 0.05) is 7.05 Å². The minimum absolute atomic E-state index is 0.150. The van der Waals surface area contributed by atoms with Gasteiger partial charge in [0.15, 0.2) is 6.10 Å². The van der Waals surface area contributed by atoms with E-state index >= 15 is 0 Å². The van der Waals surface area contributed by atoms with Crippen LogP contribution < -0.4 is 10.1 Å². The number of carbonyl (C=O) groups is 3. The Morgan fingerprint density at radius 3 is 1.87 bits per heavy atom. The number of rotatable bonds is 7. The SMILES string of the molecule is CCOC(=O)c1cc(O[C@@H](C)C(=O)NC)cc(C(=O)OCC)c1. The Morgan fingerprint density at radius 1 is 1.00 bits per heavy atom. The van der Waals surface area contributed by atoms with Crippen molar-refractivity contribution in [1.29, 1.82) is 0 Å². The summed E-state index contributed by atoms with van der Waals surface area (Å²) in [5.74, 6) is -1.30. The van der Waals surface area contributed by atoms with Crippen molar-refractivity contribution in [2.75, 3.05) is 20.3 Å². The molecule has 1 rings (SSSR count). The van der Waals surface area contributed by atoms with Crippen molar-refractivity contribution in [3.05, 3.63) is 29.3 Å². The van der Waals surface area contributed by atoms with Gasteiger partial charge in [0.1, 0.15) is 5.75 Å². The lowest BCUT2D eigenvalue weighted by Gasteiger charge is -2.15. The van der Waals surface area contributed by atoms with E-state index < -0.39 is 18.0 Å². The molecule has 0 aliphatic rings. The summed E-state index contributed by atoms with van der Waals surface area (Å²) < 4.78 is 15.3. The molecule has 1 N–H and O–H groups in total. The van der Waals surface area contributed by atoms with E-state index in [2.05, 4.69) is 5.32 Å². The maximum atomic E-state index is 11.9. The van der Waals surface area contributed by atoms with E-state index in [0.717, 1.165) is 0 Å². The van der Waals surface area contributed by atoms with Crippen molar-refractivity contribution in [2.45, 2.75) is 26.9 Å². The number of esters is 2. The van der Waals surface area contributed by atoms with Crippen LogP contribution in [0.1, 0.15) is 41.5 Å². The van der Waals surface area contributed by atoms with Gasteiger partial charge in [-0.2, -0.15) is 0 Å². The molecule has 0 unspecified atom stereocenters. The molecule has 0 radical (unpaired) electrons. The molecule has 0 aromatic heterocycles. The molecular weight excluding hydrogens is 302 g/mol. The minimum Gasteiger partial charge on any atom is -0.481 e. The summed E-state index contributed by atoms with van der Waals surface area (Å²) in [6.45, 7) is 5.32. The summed E-state index contributed by atoms with van der Waals surface area (Å²) in [5, 5.41) is 2.45. The normalized spacial score (nSPS) is 11.3. The Kier molecular flexibility index (Phi) is 7.05. The molecule has 0 spiro atoms. The zero-order valence-electron chi connectivity index (χ0n) is 13.7. The van der Waals surface area contributed by atoms with Crippen molar-refractivity contribution < 1.29 is 28.6 Å². The van der Waals surface area contributed by atoms with Gasteiger partial charge in [0.25, 0.3) is 5.91 Å². The quantitative estimate of drug-likeness (QED) is 0.766. The standard InChI is InChI=1S/C16H21NO6/c1-5-21-15(19)11-7-12(16(20)22-6-2)9-13(8-11)23-10(3)14(18)17-4/h7-10H,5-6H2,1-4H3,(H,17,18)/t10-/m0/s1. The highest BCUT2D eigenvalue weighted by atomic mass is 16.5. The largest absolute Gasteiger partial charge is 0.481 e. The summed E-state index contributed by atoms with van der Waals surface area (Å²) in [7, 11) is 1.49. The lowest BCUT2D eigenvalue weighted by molar-refractivity contribution is -0.126. The smallest absolute Gasteiger partial charge is 0.338 e. The van der Waals surface area contributed by atoms with Crippen LogP contribution in [0.3, 0.4) is 0 Å². The predicted octanol–water partition coefficient (Wildman–Crippen LogP) is 1.55. The second-order valence-corrected chi connectivity index (χ2v) is 4.56. The first kappa shape index (κ1) is 18.5. The summed E-state index contributed by atoms with van der Waals surface area (Å²) in [5.41, 5.74) is 0.299. The molecule has 0 aliphatic carbocycles. The van der Waals surface area contributed by atoms with Crippen LogP contribution in [0.2, 0.25) is 0 Å². The summed E-state index contributed by atoms with van der Waals surface area (Å²) in [4.78, 5) is 35.3. The maximum Gasteiger partial charge on any atom is 0.338 e. The third-order valence-electron chi connectivity index (χ3n) is 2.86. The Morgan fingerprint density at radius 2 is 1.48 bits per heavy atom. The molecule has 1 atom stereocenters. The highest BCUT2D eigenvalue weighted by Crippen LogP contribution is 2.20. The Balaban J connectivity index is 3.15. The van der Waals surface area contributed by atoms with E-state index in [-0.39, 0.29) is 36.0 Å². The predicted molar refractivity (Wildman–Crippen MR) is 82.5 cm³/mol. The number of carbonyl (C=O) groups excluding carboxylic acids is 3. The number of likely N-dealkylation sites (N-methyl/N-ethyl adjacent to an activating group) is 1. The molecule has 0 fully saturated rings. The van der Waals surface area contributed by atoms with Gasteiger partial charge in [0.05, 0.1) is 24.3 Å². The molecule has 0 heterocycles. The highest BCUT2D eigenvalue weighted by molar-refractivity contribution is 5.96. The molecule has 126 valence electrons. The second-order valence-electron chi connectivity index (χ2n) is 4.56. The molecular formula is C16H21NO6. The third kappa shape index (κ3) is 5.28.